The van der Waals surface area contributed by atoms with Crippen molar-refractivity contribution in [2.45, 2.75) is 53.4 Å². The Morgan fingerprint density at radius 1 is 1.17 bits per heavy atom. The molecule has 2 rings (SSSR count). The van der Waals surface area contributed by atoms with Gasteiger partial charge in [0.1, 0.15) is 0 Å². The van der Waals surface area contributed by atoms with Crippen molar-refractivity contribution < 1.29 is 0 Å². The van der Waals surface area contributed by atoms with Gasteiger partial charge in [-0.2, -0.15) is 0 Å². The lowest BCUT2D eigenvalue weighted by atomic mass is 9.95. The maximum absolute atomic E-state index is 4.13. The molecule has 2 heteroatoms. The largest absolute Gasteiger partial charge is 0.223 e. The molecule has 0 saturated heterocycles. The highest BCUT2D eigenvalue weighted by molar-refractivity contribution is 7.79. The van der Waals surface area contributed by atoms with Crippen LogP contribution >= 0.6 is 12.8 Å². The quantitative estimate of drug-likeness (QED) is 0.566. The lowest BCUT2D eigenvalue weighted by Crippen LogP contribution is -2.12. The van der Waals surface area contributed by atoms with Gasteiger partial charge in [0.15, 0.2) is 0 Å². The predicted molar refractivity (Wildman–Crippen MR) is 84.6 cm³/mol. The molecular weight excluding hydrogens is 238 g/mol. The minimum Gasteiger partial charge on any atom is -0.223 e. The van der Waals surface area contributed by atoms with Crippen LogP contribution in [0.5, 0.6) is 0 Å². The summed E-state index contributed by atoms with van der Waals surface area (Å²) in [6.45, 7) is 8.71. The molecule has 1 aromatic rings. The molecule has 1 aliphatic carbocycles. The highest BCUT2D eigenvalue weighted by Crippen LogP contribution is 2.48. The number of benzene rings is 1. The molecular formula is C16H25NS. The summed E-state index contributed by atoms with van der Waals surface area (Å²) in [6.07, 6.45) is 5.11. The van der Waals surface area contributed by atoms with Crippen LogP contribution in [0.25, 0.3) is 0 Å². The SMILES string of the molecule is CCCC.Cc1ccc(/C(=N\S)C2(C)CC2)cc1. The summed E-state index contributed by atoms with van der Waals surface area (Å²) in [5.41, 5.74) is 3.93. The van der Waals surface area contributed by atoms with Gasteiger partial charge < -0.3 is 0 Å². The van der Waals surface area contributed by atoms with Crippen molar-refractivity contribution in [1.82, 2.24) is 0 Å². The van der Waals surface area contributed by atoms with Crippen molar-refractivity contribution in [2.75, 3.05) is 0 Å². The van der Waals surface area contributed by atoms with Gasteiger partial charge in [0.05, 0.1) is 5.71 Å². The van der Waals surface area contributed by atoms with Gasteiger partial charge in [-0.1, -0.05) is 63.4 Å². The van der Waals surface area contributed by atoms with E-state index in [1.54, 1.807) is 0 Å². The van der Waals surface area contributed by atoms with E-state index in [2.05, 4.69) is 69.2 Å². The second-order valence-corrected chi connectivity index (χ2v) is 5.58. The highest BCUT2D eigenvalue weighted by atomic mass is 32.1. The van der Waals surface area contributed by atoms with E-state index >= 15 is 0 Å². The molecule has 0 unspecified atom stereocenters. The normalized spacial score (nSPS) is 16.8. The Morgan fingerprint density at radius 2 is 1.67 bits per heavy atom. The Morgan fingerprint density at radius 3 is 2.00 bits per heavy atom. The fourth-order valence-corrected chi connectivity index (χ4v) is 2.02. The third kappa shape index (κ3) is 4.16. The van der Waals surface area contributed by atoms with Crippen LogP contribution in [0.1, 0.15) is 57.6 Å². The second-order valence-electron chi connectivity index (χ2n) is 5.38. The topological polar surface area (TPSA) is 12.4 Å². The smallest absolute Gasteiger partial charge is 0.0615 e. The first-order valence-corrected chi connectivity index (χ1v) is 7.27. The van der Waals surface area contributed by atoms with Crippen molar-refractivity contribution in [3.05, 3.63) is 35.4 Å². The molecule has 1 aromatic carbocycles. The van der Waals surface area contributed by atoms with E-state index in [0.717, 1.165) is 5.71 Å². The zero-order valence-electron chi connectivity index (χ0n) is 12.0. The monoisotopic (exact) mass is 263 g/mol. The molecule has 18 heavy (non-hydrogen) atoms. The summed E-state index contributed by atoms with van der Waals surface area (Å²) in [6, 6.07) is 8.52. The van der Waals surface area contributed by atoms with Crippen LogP contribution < -0.4 is 0 Å². The summed E-state index contributed by atoms with van der Waals surface area (Å²) in [7, 11) is 0. The summed E-state index contributed by atoms with van der Waals surface area (Å²) in [4.78, 5) is 0. The van der Waals surface area contributed by atoms with Crippen LogP contribution in [0, 0.1) is 12.3 Å². The molecule has 100 valence electrons. The second kappa shape index (κ2) is 6.98. The van der Waals surface area contributed by atoms with Crippen molar-refractivity contribution in [2.24, 2.45) is 9.81 Å². The Labute approximate surface area is 117 Å². The Hall–Kier alpha value is -0.760. The number of unbranched alkanes of at least 4 members (excludes halogenated alkanes) is 1. The third-order valence-electron chi connectivity index (χ3n) is 3.50. The van der Waals surface area contributed by atoms with Gasteiger partial charge in [-0.25, -0.2) is 4.40 Å². The lowest BCUT2D eigenvalue weighted by molar-refractivity contribution is 0.807. The number of rotatable bonds is 3. The molecule has 1 saturated carbocycles. The average molecular weight is 263 g/mol. The van der Waals surface area contributed by atoms with Gasteiger partial charge in [-0.15, -0.1) is 0 Å². The molecule has 0 amide bonds. The van der Waals surface area contributed by atoms with E-state index in [-0.39, 0.29) is 5.41 Å². The minimum atomic E-state index is 0.289. The first-order chi connectivity index (χ1) is 8.57. The van der Waals surface area contributed by atoms with Gasteiger partial charge in [0.2, 0.25) is 0 Å². The van der Waals surface area contributed by atoms with Crippen LogP contribution in [-0.4, -0.2) is 5.71 Å². The molecule has 0 atom stereocenters. The summed E-state index contributed by atoms with van der Waals surface area (Å²) in [5, 5.41) is 0. The fourth-order valence-electron chi connectivity index (χ4n) is 1.66. The van der Waals surface area contributed by atoms with E-state index in [9.17, 15) is 0 Å². The van der Waals surface area contributed by atoms with E-state index in [1.165, 1.54) is 36.8 Å². The van der Waals surface area contributed by atoms with E-state index in [4.69, 9.17) is 0 Å². The summed E-state index contributed by atoms with van der Waals surface area (Å²) >= 11 is 4.07. The van der Waals surface area contributed by atoms with E-state index < -0.39 is 0 Å². The molecule has 0 heterocycles. The standard InChI is InChI=1S/C12H15NS.C4H10/c1-9-3-5-10(6-4-9)11(13-14)12(2)7-8-12;1-3-4-2/h3-6,14H,7-8H2,1-2H3;3-4H2,1-2H3/b13-11+;. The minimum absolute atomic E-state index is 0.289. The molecule has 0 N–H and O–H groups in total. The molecule has 1 fully saturated rings. The lowest BCUT2D eigenvalue weighted by Gasteiger charge is -2.11. The number of nitrogens with zero attached hydrogens (tertiary/aromatic N) is 1. The fraction of sp³-hybridized carbons (Fsp3) is 0.562. The first-order valence-electron chi connectivity index (χ1n) is 6.87. The van der Waals surface area contributed by atoms with Gasteiger partial charge >= 0.3 is 0 Å². The van der Waals surface area contributed by atoms with Crippen LogP contribution in [0.15, 0.2) is 28.7 Å². The van der Waals surface area contributed by atoms with Gasteiger partial charge in [0.25, 0.3) is 0 Å². The molecule has 0 spiro atoms. The Balaban J connectivity index is 0.000000357. The van der Waals surface area contributed by atoms with Crippen LogP contribution in [0.2, 0.25) is 0 Å². The molecule has 0 aliphatic heterocycles. The van der Waals surface area contributed by atoms with E-state index in [1.807, 2.05) is 0 Å². The number of aryl methyl sites for hydroxylation is 1. The average Bonchev–Trinajstić information content (AvgIpc) is 3.12. The van der Waals surface area contributed by atoms with Crippen LogP contribution in [0.3, 0.4) is 0 Å². The van der Waals surface area contributed by atoms with Crippen LogP contribution in [0.4, 0.5) is 0 Å². The van der Waals surface area contributed by atoms with Crippen molar-refractivity contribution in [3.8, 4) is 0 Å². The van der Waals surface area contributed by atoms with Gasteiger partial charge in [-0.05, 0) is 38.1 Å². The maximum Gasteiger partial charge on any atom is 0.0615 e. The third-order valence-corrected chi connectivity index (χ3v) is 3.70. The zero-order chi connectivity index (χ0) is 13.6. The Kier molecular flexibility index (Phi) is 5.94. The van der Waals surface area contributed by atoms with Crippen molar-refractivity contribution in [1.29, 1.82) is 0 Å². The molecule has 1 nitrogen and oxygen atoms in total. The Bertz CT molecular complexity index is 386. The molecule has 0 radical (unpaired) electrons. The van der Waals surface area contributed by atoms with Crippen LogP contribution in [-0.2, 0) is 0 Å². The number of hydrogen-bond acceptors (Lipinski definition) is 2. The first kappa shape index (κ1) is 15.3. The van der Waals surface area contributed by atoms with Crippen molar-refractivity contribution in [3.63, 3.8) is 0 Å². The summed E-state index contributed by atoms with van der Waals surface area (Å²) in [5.74, 6) is 0. The zero-order valence-corrected chi connectivity index (χ0v) is 12.9. The molecule has 0 aromatic heterocycles. The number of thiol groups is 1. The maximum atomic E-state index is 4.13. The van der Waals surface area contributed by atoms with Crippen molar-refractivity contribution >= 4 is 18.5 Å². The number of hydrogen-bond donors (Lipinski definition) is 1. The van der Waals surface area contributed by atoms with Gasteiger partial charge in [0, 0.05) is 5.41 Å². The van der Waals surface area contributed by atoms with E-state index in [0.29, 0.717) is 0 Å². The molecule has 1 aliphatic rings. The van der Waals surface area contributed by atoms with Gasteiger partial charge in [-0.3, -0.25) is 0 Å². The predicted octanol–water partition coefficient (Wildman–Crippen LogP) is 5.24. The summed E-state index contributed by atoms with van der Waals surface area (Å²) < 4.78 is 4.13. The molecule has 0 bridgehead atoms. The highest BCUT2D eigenvalue weighted by Gasteiger charge is 2.42.